The Bertz CT molecular complexity index is 712. The van der Waals surface area contributed by atoms with Crippen molar-refractivity contribution in [3.8, 4) is 0 Å². The van der Waals surface area contributed by atoms with Gasteiger partial charge in [0.1, 0.15) is 11.9 Å². The van der Waals surface area contributed by atoms with Gasteiger partial charge < -0.3 is 14.2 Å². The molecule has 1 aliphatic rings. The van der Waals surface area contributed by atoms with Crippen molar-refractivity contribution in [3.63, 3.8) is 0 Å². The Labute approximate surface area is 191 Å². The molecule has 1 fully saturated rings. The summed E-state index contributed by atoms with van der Waals surface area (Å²) in [6.45, 7) is 8.14. The number of benzene rings is 1. The molecule has 0 spiro atoms. The van der Waals surface area contributed by atoms with Crippen molar-refractivity contribution in [1.82, 2.24) is 0 Å². The Morgan fingerprint density at radius 1 is 0.781 bits per heavy atom. The van der Waals surface area contributed by atoms with Crippen molar-refractivity contribution in [1.29, 1.82) is 0 Å². The number of hydrogen-bond donors (Lipinski definition) is 0. The summed E-state index contributed by atoms with van der Waals surface area (Å²) < 4.78 is 15.8. The average Bonchev–Trinajstić information content (AvgIpc) is 3.09. The van der Waals surface area contributed by atoms with Crippen LogP contribution in [0.3, 0.4) is 0 Å². The number of hydrogen-bond acceptors (Lipinski definition) is 7. The van der Waals surface area contributed by atoms with Crippen molar-refractivity contribution in [2.24, 2.45) is 11.8 Å². The molecule has 2 rings (SSSR count). The molecular formula is C25H36O7. The molecule has 1 saturated heterocycles. The van der Waals surface area contributed by atoms with Gasteiger partial charge in [-0.2, -0.15) is 0 Å². The number of ether oxygens (including phenoxy) is 3. The van der Waals surface area contributed by atoms with E-state index in [1.165, 1.54) is 33.8 Å². The molecule has 178 valence electrons. The zero-order valence-corrected chi connectivity index (χ0v) is 20.1. The third-order valence-electron chi connectivity index (χ3n) is 4.86. The smallest absolute Gasteiger partial charge is 0.163 e. The van der Waals surface area contributed by atoms with Crippen LogP contribution in [0.4, 0.5) is 0 Å². The monoisotopic (exact) mass is 448 g/mol. The molecule has 1 aliphatic heterocycles. The Morgan fingerprint density at radius 2 is 1.22 bits per heavy atom. The fourth-order valence-electron chi connectivity index (χ4n) is 3.46. The number of carbonyl (C=O) groups excluding carboxylic acids is 4. The van der Waals surface area contributed by atoms with Crippen molar-refractivity contribution < 1.29 is 33.4 Å². The molecule has 0 bridgehead atoms. The average molecular weight is 449 g/mol. The molecule has 7 nitrogen and oxygen atoms in total. The molecular weight excluding hydrogens is 412 g/mol. The quantitative estimate of drug-likeness (QED) is 0.342. The molecule has 0 saturated carbocycles. The molecule has 4 unspecified atom stereocenters. The van der Waals surface area contributed by atoms with E-state index >= 15 is 0 Å². The minimum atomic E-state index is -0.659. The number of ketones is 4. The highest BCUT2D eigenvalue weighted by molar-refractivity contribution is 6.18. The highest BCUT2D eigenvalue weighted by Gasteiger charge is 2.48. The van der Waals surface area contributed by atoms with Gasteiger partial charge in [-0.15, -0.1) is 0 Å². The van der Waals surface area contributed by atoms with Gasteiger partial charge in [-0.3, -0.25) is 19.2 Å². The molecule has 0 radical (unpaired) electrons. The zero-order chi connectivity index (χ0) is 24.7. The predicted octanol–water partition coefficient (Wildman–Crippen LogP) is 3.25. The lowest BCUT2D eigenvalue weighted by molar-refractivity contribution is -0.135. The number of methoxy groups -OCH3 is 2. The number of Topliss-reactive ketones (excluding diaryl/α,β-unsaturated/α-hetero) is 4. The largest absolute Gasteiger partial charge is 0.384 e. The zero-order valence-electron chi connectivity index (χ0n) is 20.1. The first-order valence-electron chi connectivity index (χ1n) is 10.4. The first-order chi connectivity index (χ1) is 15.1. The van der Waals surface area contributed by atoms with Crippen molar-refractivity contribution in [2.45, 2.75) is 46.8 Å². The number of rotatable bonds is 8. The Hall–Kier alpha value is -2.48. The van der Waals surface area contributed by atoms with E-state index in [4.69, 9.17) is 14.2 Å². The topological polar surface area (TPSA) is 96.0 Å². The fraction of sp³-hybridized carbons (Fsp3) is 0.520. The van der Waals surface area contributed by atoms with Crippen LogP contribution in [-0.4, -0.2) is 62.8 Å². The van der Waals surface area contributed by atoms with E-state index in [0.29, 0.717) is 13.2 Å². The van der Waals surface area contributed by atoms with Gasteiger partial charge in [0.05, 0.1) is 30.8 Å². The van der Waals surface area contributed by atoms with Gasteiger partial charge in [0, 0.05) is 20.1 Å². The lowest BCUT2D eigenvalue weighted by Crippen LogP contribution is -2.34. The third kappa shape index (κ3) is 10.2. The van der Waals surface area contributed by atoms with Crippen LogP contribution in [0.25, 0.3) is 0 Å². The maximum Gasteiger partial charge on any atom is 0.163 e. The van der Waals surface area contributed by atoms with E-state index in [1.54, 1.807) is 21.1 Å². The van der Waals surface area contributed by atoms with E-state index in [-0.39, 0.29) is 40.7 Å². The second-order valence-electron chi connectivity index (χ2n) is 7.39. The minimum absolute atomic E-state index is 0.0362. The maximum absolute atomic E-state index is 11.7. The number of carbonyl (C=O) groups is 4. The van der Waals surface area contributed by atoms with E-state index in [1.807, 2.05) is 36.4 Å². The summed E-state index contributed by atoms with van der Waals surface area (Å²) in [6, 6.07) is 12.0. The molecule has 0 aliphatic carbocycles. The summed E-state index contributed by atoms with van der Waals surface area (Å²) in [6.07, 6.45) is 0.612. The summed E-state index contributed by atoms with van der Waals surface area (Å²) in [5, 5.41) is 0. The summed E-state index contributed by atoms with van der Waals surface area (Å²) in [4.78, 5) is 44.2. The van der Waals surface area contributed by atoms with Gasteiger partial charge in [-0.05, 0) is 34.6 Å². The molecule has 0 N–H and O–H groups in total. The van der Waals surface area contributed by atoms with Crippen LogP contribution in [0, 0.1) is 11.8 Å². The van der Waals surface area contributed by atoms with Gasteiger partial charge in [-0.1, -0.05) is 42.5 Å². The standard InChI is InChI=1S/C12H20O5.C7H10O2.C6H6/c1-7(13)11-9(5-15-3)10(6-16-4)17-12(11)8(2)14;1-4-7(5(2)8)6(3)9;1-2-4-6-5-3-1/h9-12H,5-6H2,1-4H3;4H,1-3H3;1-6H. The van der Waals surface area contributed by atoms with Gasteiger partial charge in [0.2, 0.25) is 0 Å². The van der Waals surface area contributed by atoms with E-state index in [0.717, 1.165) is 0 Å². The fourth-order valence-corrected chi connectivity index (χ4v) is 3.46. The molecule has 0 amide bonds. The third-order valence-corrected chi connectivity index (χ3v) is 4.86. The lowest BCUT2D eigenvalue weighted by atomic mass is 9.84. The first kappa shape index (κ1) is 29.5. The molecule has 1 aromatic carbocycles. The highest BCUT2D eigenvalue weighted by Crippen LogP contribution is 2.34. The molecule has 1 heterocycles. The predicted molar refractivity (Wildman–Crippen MR) is 122 cm³/mol. The molecule has 32 heavy (non-hydrogen) atoms. The Kier molecular flexibility index (Phi) is 14.9. The van der Waals surface area contributed by atoms with Gasteiger partial charge in [0.15, 0.2) is 17.3 Å². The molecule has 1 aromatic rings. The SMILES string of the molecule is CC=C(C(C)=O)C(C)=O.COCC1OC(C(C)=O)C(C(C)=O)C1COC.c1ccccc1. The Morgan fingerprint density at radius 3 is 1.47 bits per heavy atom. The molecule has 0 aromatic heterocycles. The summed E-state index contributed by atoms with van der Waals surface area (Å²) in [5.74, 6) is -1.02. The van der Waals surface area contributed by atoms with Gasteiger partial charge in [0.25, 0.3) is 0 Å². The van der Waals surface area contributed by atoms with E-state index in [2.05, 4.69) is 0 Å². The maximum atomic E-state index is 11.7. The highest BCUT2D eigenvalue weighted by atomic mass is 16.5. The van der Waals surface area contributed by atoms with Crippen LogP contribution >= 0.6 is 0 Å². The Balaban J connectivity index is 0.000000531. The second kappa shape index (κ2) is 16.2. The van der Waals surface area contributed by atoms with Crippen molar-refractivity contribution in [2.75, 3.05) is 27.4 Å². The minimum Gasteiger partial charge on any atom is -0.384 e. The van der Waals surface area contributed by atoms with Crippen LogP contribution in [0.5, 0.6) is 0 Å². The lowest BCUT2D eigenvalue weighted by Gasteiger charge is -2.20. The van der Waals surface area contributed by atoms with E-state index in [9.17, 15) is 19.2 Å². The van der Waals surface area contributed by atoms with Crippen LogP contribution < -0.4 is 0 Å². The van der Waals surface area contributed by atoms with Crippen LogP contribution in [0.1, 0.15) is 34.6 Å². The van der Waals surface area contributed by atoms with Crippen molar-refractivity contribution >= 4 is 23.1 Å². The first-order valence-corrected chi connectivity index (χ1v) is 10.4. The summed E-state index contributed by atoms with van der Waals surface area (Å²) in [5.41, 5.74) is 0.287. The normalized spacial score (nSPS) is 21.2. The molecule has 7 heteroatoms. The van der Waals surface area contributed by atoms with Gasteiger partial charge in [-0.25, -0.2) is 0 Å². The van der Waals surface area contributed by atoms with Crippen molar-refractivity contribution in [3.05, 3.63) is 48.0 Å². The van der Waals surface area contributed by atoms with E-state index < -0.39 is 12.0 Å². The van der Waals surface area contributed by atoms with Gasteiger partial charge >= 0.3 is 0 Å². The summed E-state index contributed by atoms with van der Waals surface area (Å²) in [7, 11) is 3.14. The second-order valence-corrected chi connectivity index (χ2v) is 7.39. The van der Waals surface area contributed by atoms with Crippen LogP contribution in [0.15, 0.2) is 48.0 Å². The van der Waals surface area contributed by atoms with Crippen LogP contribution in [-0.2, 0) is 33.4 Å². The number of allylic oxidation sites excluding steroid dienone is 2. The van der Waals surface area contributed by atoms with Crippen LogP contribution in [0.2, 0.25) is 0 Å². The molecule has 4 atom stereocenters. The summed E-state index contributed by atoms with van der Waals surface area (Å²) >= 11 is 0.